The number of hydrogen-bond donors (Lipinski definition) is 1. The molecule has 0 radical (unpaired) electrons. The third kappa shape index (κ3) is 4.08. The predicted molar refractivity (Wildman–Crippen MR) is 117 cm³/mol. The molecule has 178 valence electrons. The summed E-state index contributed by atoms with van der Waals surface area (Å²) in [5.74, 6) is 0.200. The summed E-state index contributed by atoms with van der Waals surface area (Å²) in [6.45, 7) is 7.54. The number of benzene rings is 1. The molecule has 5 rings (SSSR count). The van der Waals surface area contributed by atoms with E-state index in [0.717, 1.165) is 59.5 Å². The minimum atomic E-state index is -4.38. The Morgan fingerprint density at radius 1 is 1.03 bits per heavy atom. The SMILES string of the molecule is CC1OC(c2ccc(C(F)(F)F)cc2)c2c1nc1c(c2C2CCOCC2)C(O)CC(C)(C)C1. The molecule has 3 aliphatic rings. The van der Waals surface area contributed by atoms with Gasteiger partial charge in [0.15, 0.2) is 0 Å². The van der Waals surface area contributed by atoms with Crippen LogP contribution in [0, 0.1) is 5.41 Å². The third-order valence-electron chi connectivity index (χ3n) is 7.31. The number of nitrogens with zero attached hydrogens (tertiary/aromatic N) is 1. The first kappa shape index (κ1) is 22.8. The number of alkyl halides is 3. The first-order valence-electron chi connectivity index (χ1n) is 11.7. The molecule has 1 aromatic heterocycles. The number of aromatic nitrogens is 1. The van der Waals surface area contributed by atoms with Crippen LogP contribution in [-0.2, 0) is 22.1 Å². The van der Waals surface area contributed by atoms with Crippen molar-refractivity contribution in [1.29, 1.82) is 0 Å². The van der Waals surface area contributed by atoms with Crippen LogP contribution in [0.15, 0.2) is 24.3 Å². The molecule has 3 atom stereocenters. The molecule has 3 unspecified atom stereocenters. The van der Waals surface area contributed by atoms with Crippen LogP contribution in [0.3, 0.4) is 0 Å². The van der Waals surface area contributed by atoms with Crippen molar-refractivity contribution in [3.05, 3.63) is 63.5 Å². The average molecular weight is 462 g/mol. The number of ether oxygens (including phenoxy) is 2. The second-order valence-electron chi connectivity index (χ2n) is 10.4. The van der Waals surface area contributed by atoms with Gasteiger partial charge in [-0.3, -0.25) is 4.98 Å². The van der Waals surface area contributed by atoms with Gasteiger partial charge in [0.2, 0.25) is 0 Å². The van der Waals surface area contributed by atoms with E-state index in [4.69, 9.17) is 14.5 Å². The Morgan fingerprint density at radius 2 is 1.70 bits per heavy atom. The molecule has 0 saturated carbocycles. The fraction of sp³-hybridized carbons (Fsp3) is 0.577. The number of fused-ring (bicyclic) bond motifs is 2. The molecular formula is C26H30F3NO3. The van der Waals surface area contributed by atoms with Crippen LogP contribution < -0.4 is 0 Å². The van der Waals surface area contributed by atoms with Crippen molar-refractivity contribution in [2.75, 3.05) is 13.2 Å². The summed E-state index contributed by atoms with van der Waals surface area (Å²) in [5.41, 5.74) is 4.66. The second kappa shape index (κ2) is 8.07. The Kier molecular flexibility index (Phi) is 5.58. The van der Waals surface area contributed by atoms with Crippen LogP contribution in [0.5, 0.6) is 0 Å². The zero-order valence-corrected chi connectivity index (χ0v) is 19.2. The summed E-state index contributed by atoms with van der Waals surface area (Å²) in [6.07, 6.45) is -2.68. The van der Waals surface area contributed by atoms with Crippen molar-refractivity contribution < 1.29 is 27.8 Å². The molecule has 0 spiro atoms. The fourth-order valence-corrected chi connectivity index (χ4v) is 5.80. The molecule has 2 aliphatic heterocycles. The van der Waals surface area contributed by atoms with E-state index >= 15 is 0 Å². The van der Waals surface area contributed by atoms with Crippen molar-refractivity contribution in [3.8, 4) is 0 Å². The highest BCUT2D eigenvalue weighted by Gasteiger charge is 2.43. The van der Waals surface area contributed by atoms with Crippen LogP contribution in [0.1, 0.15) is 103 Å². The molecule has 4 nitrogen and oxygen atoms in total. The van der Waals surface area contributed by atoms with Crippen molar-refractivity contribution >= 4 is 0 Å². The highest BCUT2D eigenvalue weighted by molar-refractivity contribution is 5.52. The second-order valence-corrected chi connectivity index (χ2v) is 10.4. The van der Waals surface area contributed by atoms with Crippen LogP contribution in [0.2, 0.25) is 0 Å². The zero-order valence-electron chi connectivity index (χ0n) is 19.2. The first-order valence-corrected chi connectivity index (χ1v) is 11.7. The molecule has 7 heteroatoms. The molecule has 0 amide bonds. The van der Waals surface area contributed by atoms with Crippen LogP contribution in [0.25, 0.3) is 0 Å². The molecule has 33 heavy (non-hydrogen) atoms. The fourth-order valence-electron chi connectivity index (χ4n) is 5.80. The molecule has 1 N–H and O–H groups in total. The number of hydrogen-bond acceptors (Lipinski definition) is 4. The van der Waals surface area contributed by atoms with E-state index in [1.807, 2.05) is 6.92 Å². The maximum absolute atomic E-state index is 13.1. The maximum Gasteiger partial charge on any atom is 0.416 e. The number of aliphatic hydroxyl groups excluding tert-OH is 1. The number of rotatable bonds is 2. The molecule has 0 bridgehead atoms. The minimum Gasteiger partial charge on any atom is -0.388 e. The highest BCUT2D eigenvalue weighted by Crippen LogP contribution is 2.52. The standard InChI is InChI=1S/C26H30F3NO3/c1-14-23-22(24(33-14)16-4-6-17(7-5-16)26(27,28)29)20(15-8-10-32-11-9-15)21-18(30-23)12-25(2,3)13-19(21)31/h4-7,14-15,19,24,31H,8-13H2,1-3H3. The maximum atomic E-state index is 13.1. The van der Waals surface area contributed by atoms with E-state index in [-0.39, 0.29) is 17.4 Å². The van der Waals surface area contributed by atoms with E-state index < -0.39 is 23.9 Å². The summed E-state index contributed by atoms with van der Waals surface area (Å²) in [5, 5.41) is 11.3. The number of aliphatic hydroxyl groups is 1. The average Bonchev–Trinajstić information content (AvgIpc) is 3.08. The van der Waals surface area contributed by atoms with Crippen molar-refractivity contribution in [3.63, 3.8) is 0 Å². The largest absolute Gasteiger partial charge is 0.416 e. The predicted octanol–water partition coefficient (Wildman–Crippen LogP) is 6.18. The van der Waals surface area contributed by atoms with Gasteiger partial charge in [0.1, 0.15) is 6.10 Å². The van der Waals surface area contributed by atoms with Gasteiger partial charge in [0, 0.05) is 30.0 Å². The topological polar surface area (TPSA) is 51.6 Å². The van der Waals surface area contributed by atoms with Crippen molar-refractivity contribution in [1.82, 2.24) is 4.98 Å². The van der Waals surface area contributed by atoms with Gasteiger partial charge in [0.05, 0.1) is 23.5 Å². The zero-order chi connectivity index (χ0) is 23.5. The van der Waals surface area contributed by atoms with Crippen LogP contribution >= 0.6 is 0 Å². The smallest absolute Gasteiger partial charge is 0.388 e. The summed E-state index contributed by atoms with van der Waals surface area (Å²) in [4.78, 5) is 5.01. The van der Waals surface area contributed by atoms with Gasteiger partial charge in [-0.05, 0) is 67.2 Å². The van der Waals surface area contributed by atoms with Gasteiger partial charge in [-0.25, -0.2) is 0 Å². The minimum absolute atomic E-state index is 0.0594. The number of pyridine rings is 1. The lowest BCUT2D eigenvalue weighted by Crippen LogP contribution is -2.30. The Morgan fingerprint density at radius 3 is 2.33 bits per heavy atom. The normalized spacial score (nSPS) is 27.3. The van der Waals surface area contributed by atoms with E-state index in [2.05, 4.69) is 13.8 Å². The van der Waals surface area contributed by atoms with E-state index in [9.17, 15) is 18.3 Å². The monoisotopic (exact) mass is 461 g/mol. The Labute approximate surface area is 192 Å². The molecule has 1 fully saturated rings. The molecular weight excluding hydrogens is 431 g/mol. The molecule has 1 aliphatic carbocycles. The number of halogens is 3. The molecule has 1 saturated heterocycles. The van der Waals surface area contributed by atoms with Gasteiger partial charge in [-0.1, -0.05) is 26.0 Å². The Hall–Kier alpha value is -1.96. The lowest BCUT2D eigenvalue weighted by molar-refractivity contribution is -0.137. The van der Waals surface area contributed by atoms with Gasteiger partial charge < -0.3 is 14.6 Å². The summed E-state index contributed by atoms with van der Waals surface area (Å²) in [7, 11) is 0. The first-order chi connectivity index (χ1) is 15.5. The summed E-state index contributed by atoms with van der Waals surface area (Å²) in [6, 6.07) is 5.22. The lowest BCUT2D eigenvalue weighted by Gasteiger charge is -2.38. The lowest BCUT2D eigenvalue weighted by atomic mass is 9.70. The quantitative estimate of drug-likeness (QED) is 0.580. The van der Waals surface area contributed by atoms with E-state index in [1.165, 1.54) is 12.1 Å². The Bertz CT molecular complexity index is 1040. The van der Waals surface area contributed by atoms with E-state index in [1.54, 1.807) is 0 Å². The highest BCUT2D eigenvalue weighted by atomic mass is 19.4. The summed E-state index contributed by atoms with van der Waals surface area (Å²) >= 11 is 0. The third-order valence-corrected chi connectivity index (χ3v) is 7.31. The van der Waals surface area contributed by atoms with Gasteiger partial charge in [0.25, 0.3) is 0 Å². The van der Waals surface area contributed by atoms with Crippen LogP contribution in [0.4, 0.5) is 13.2 Å². The van der Waals surface area contributed by atoms with Gasteiger partial charge in [-0.15, -0.1) is 0 Å². The van der Waals surface area contributed by atoms with Gasteiger partial charge in [-0.2, -0.15) is 13.2 Å². The molecule has 2 aromatic rings. The van der Waals surface area contributed by atoms with Crippen molar-refractivity contribution in [2.24, 2.45) is 5.41 Å². The Balaban J connectivity index is 1.67. The summed E-state index contributed by atoms with van der Waals surface area (Å²) < 4.78 is 51.3. The molecule has 1 aromatic carbocycles. The van der Waals surface area contributed by atoms with Crippen LogP contribution in [-0.4, -0.2) is 23.3 Å². The molecule has 3 heterocycles. The van der Waals surface area contributed by atoms with Gasteiger partial charge >= 0.3 is 6.18 Å². The van der Waals surface area contributed by atoms with E-state index in [0.29, 0.717) is 25.2 Å². The van der Waals surface area contributed by atoms with Crippen molar-refractivity contribution in [2.45, 2.75) is 76.9 Å².